The molecule has 35 heavy (non-hydrogen) atoms. The number of fused-ring (bicyclic) bond motifs is 1. The molecule has 8 nitrogen and oxygen atoms in total. The lowest BCUT2D eigenvalue weighted by Crippen LogP contribution is -2.37. The highest BCUT2D eigenvalue weighted by atomic mass is 32.2. The van der Waals surface area contributed by atoms with Gasteiger partial charge in [-0.15, -0.1) is 0 Å². The lowest BCUT2D eigenvalue weighted by Gasteiger charge is -2.29. The van der Waals surface area contributed by atoms with Crippen LogP contribution in [0.1, 0.15) is 42.6 Å². The predicted molar refractivity (Wildman–Crippen MR) is 135 cm³/mol. The standard InChI is InChI=1S/C25H29N3O5S2/c1-4-18-5-10-21-22(15-18)34-25(28(21)16-23(29)33-3)26-24(30)19-6-8-20(9-7-19)35(31,32)27-13-11-17(2)12-14-27/h5-10,15,17H,4,11-14,16H2,1-3H3. The van der Waals surface area contributed by atoms with Crippen molar-refractivity contribution in [3.05, 3.63) is 58.4 Å². The van der Waals surface area contributed by atoms with Gasteiger partial charge in [-0.1, -0.05) is 31.3 Å². The molecule has 186 valence electrons. The predicted octanol–water partition coefficient (Wildman–Crippen LogP) is 3.60. The van der Waals surface area contributed by atoms with Crippen molar-refractivity contribution < 1.29 is 22.7 Å². The molecule has 2 heterocycles. The van der Waals surface area contributed by atoms with Gasteiger partial charge in [0.05, 0.1) is 22.2 Å². The topological polar surface area (TPSA) is 98.0 Å². The normalized spacial score (nSPS) is 16.0. The van der Waals surface area contributed by atoms with Crippen LogP contribution in [-0.4, -0.2) is 49.4 Å². The first-order valence-corrected chi connectivity index (χ1v) is 13.9. The van der Waals surface area contributed by atoms with Gasteiger partial charge in [-0.05, 0) is 67.1 Å². The minimum atomic E-state index is -3.60. The maximum atomic E-state index is 13.0. The molecule has 0 saturated carbocycles. The smallest absolute Gasteiger partial charge is 0.325 e. The largest absolute Gasteiger partial charge is 0.468 e. The van der Waals surface area contributed by atoms with Crippen LogP contribution in [0.5, 0.6) is 0 Å². The van der Waals surface area contributed by atoms with E-state index < -0.39 is 21.9 Å². The minimum Gasteiger partial charge on any atom is -0.468 e. The molecular formula is C25H29N3O5S2. The molecule has 1 aliphatic heterocycles. The molecule has 0 atom stereocenters. The van der Waals surface area contributed by atoms with Gasteiger partial charge in [0.1, 0.15) is 6.54 Å². The zero-order valence-corrected chi connectivity index (χ0v) is 21.7. The Morgan fingerprint density at radius 3 is 2.43 bits per heavy atom. The molecule has 1 aromatic heterocycles. The second-order valence-corrected chi connectivity index (χ2v) is 11.7. The van der Waals surface area contributed by atoms with Crippen LogP contribution in [0.2, 0.25) is 0 Å². The molecule has 4 rings (SSSR count). The van der Waals surface area contributed by atoms with Crippen molar-refractivity contribution >= 4 is 43.5 Å². The average molecular weight is 516 g/mol. The van der Waals surface area contributed by atoms with Crippen LogP contribution in [0.3, 0.4) is 0 Å². The van der Waals surface area contributed by atoms with Crippen molar-refractivity contribution in [2.75, 3.05) is 20.2 Å². The lowest BCUT2D eigenvalue weighted by molar-refractivity contribution is -0.141. The lowest BCUT2D eigenvalue weighted by atomic mass is 10.0. The summed E-state index contributed by atoms with van der Waals surface area (Å²) in [6.45, 7) is 5.13. The highest BCUT2D eigenvalue weighted by Gasteiger charge is 2.28. The molecule has 1 fully saturated rings. The van der Waals surface area contributed by atoms with Gasteiger partial charge in [0.25, 0.3) is 5.91 Å². The number of piperidine rings is 1. The van der Waals surface area contributed by atoms with Gasteiger partial charge in [0.15, 0.2) is 4.80 Å². The van der Waals surface area contributed by atoms with Gasteiger partial charge in [0, 0.05) is 18.7 Å². The fourth-order valence-corrected chi connectivity index (χ4v) is 6.63. The second-order valence-electron chi connectivity index (χ2n) is 8.73. The third kappa shape index (κ3) is 5.39. The number of aryl methyl sites for hydroxylation is 1. The van der Waals surface area contributed by atoms with E-state index in [9.17, 15) is 18.0 Å². The summed E-state index contributed by atoms with van der Waals surface area (Å²) in [4.78, 5) is 29.8. The van der Waals surface area contributed by atoms with Gasteiger partial charge in [0.2, 0.25) is 10.0 Å². The Hall–Kier alpha value is -2.82. The highest BCUT2D eigenvalue weighted by Crippen LogP contribution is 2.24. The summed E-state index contributed by atoms with van der Waals surface area (Å²) in [6, 6.07) is 11.8. The SMILES string of the molecule is CCc1ccc2c(c1)sc(=NC(=O)c1ccc(S(=O)(=O)N3CCC(C)CC3)cc1)n2CC(=O)OC. The Bertz CT molecular complexity index is 1410. The molecule has 2 aromatic carbocycles. The van der Waals surface area contributed by atoms with E-state index in [-0.39, 0.29) is 17.0 Å². The molecule has 10 heteroatoms. The summed E-state index contributed by atoms with van der Waals surface area (Å²) < 4.78 is 34.8. The van der Waals surface area contributed by atoms with Crippen molar-refractivity contribution in [3.8, 4) is 0 Å². The van der Waals surface area contributed by atoms with Crippen LogP contribution in [0, 0.1) is 5.92 Å². The second kappa shape index (κ2) is 10.4. The average Bonchev–Trinajstić information content (AvgIpc) is 3.19. The Labute approximate surface area is 208 Å². The van der Waals surface area contributed by atoms with Gasteiger partial charge < -0.3 is 9.30 Å². The van der Waals surface area contributed by atoms with Crippen molar-refractivity contribution in [3.63, 3.8) is 0 Å². The van der Waals surface area contributed by atoms with Crippen LogP contribution in [0.15, 0.2) is 52.4 Å². The maximum absolute atomic E-state index is 13.0. The van der Waals surface area contributed by atoms with E-state index in [0.717, 1.165) is 35.0 Å². The summed E-state index contributed by atoms with van der Waals surface area (Å²) in [5.41, 5.74) is 2.20. The molecule has 3 aromatic rings. The summed E-state index contributed by atoms with van der Waals surface area (Å²) in [7, 11) is -2.28. The molecule has 1 amide bonds. The number of esters is 1. The summed E-state index contributed by atoms with van der Waals surface area (Å²) in [5.74, 6) is -0.436. The van der Waals surface area contributed by atoms with Gasteiger partial charge in [-0.2, -0.15) is 9.30 Å². The molecule has 0 bridgehead atoms. The van der Waals surface area contributed by atoms with E-state index >= 15 is 0 Å². The van der Waals surface area contributed by atoms with Gasteiger partial charge in [-0.3, -0.25) is 9.59 Å². The van der Waals surface area contributed by atoms with E-state index in [1.165, 1.54) is 47.0 Å². The third-order valence-electron chi connectivity index (χ3n) is 6.35. The third-order valence-corrected chi connectivity index (χ3v) is 9.30. The van der Waals surface area contributed by atoms with E-state index in [4.69, 9.17) is 4.74 Å². The number of methoxy groups -OCH3 is 1. The van der Waals surface area contributed by atoms with E-state index in [0.29, 0.717) is 23.8 Å². The van der Waals surface area contributed by atoms with Crippen molar-refractivity contribution in [2.45, 2.75) is 44.6 Å². The zero-order chi connectivity index (χ0) is 25.2. The number of ether oxygens (including phenoxy) is 1. The first-order chi connectivity index (χ1) is 16.7. The molecule has 0 spiro atoms. The molecule has 0 unspecified atom stereocenters. The Balaban J connectivity index is 1.65. The molecule has 1 saturated heterocycles. The van der Waals surface area contributed by atoms with Crippen LogP contribution in [0.4, 0.5) is 0 Å². The number of sulfonamides is 1. The fourth-order valence-electron chi connectivity index (χ4n) is 4.06. The van der Waals surface area contributed by atoms with Crippen molar-refractivity contribution in [1.82, 2.24) is 8.87 Å². The summed E-state index contributed by atoms with van der Waals surface area (Å²) in [6.07, 6.45) is 2.55. The number of carbonyl (C=O) groups is 2. The number of thiazole rings is 1. The van der Waals surface area contributed by atoms with Gasteiger partial charge >= 0.3 is 5.97 Å². The number of benzene rings is 2. The van der Waals surface area contributed by atoms with Gasteiger partial charge in [-0.25, -0.2) is 8.42 Å². The fraction of sp³-hybridized carbons (Fsp3) is 0.400. The number of hydrogen-bond acceptors (Lipinski definition) is 6. The Morgan fingerprint density at radius 2 is 1.80 bits per heavy atom. The molecule has 0 radical (unpaired) electrons. The number of rotatable bonds is 6. The van der Waals surface area contributed by atoms with Crippen LogP contribution in [-0.2, 0) is 32.5 Å². The molecule has 0 aliphatic carbocycles. The van der Waals surface area contributed by atoms with E-state index in [2.05, 4.69) is 18.8 Å². The number of amides is 1. The zero-order valence-electron chi connectivity index (χ0n) is 20.1. The Morgan fingerprint density at radius 1 is 1.11 bits per heavy atom. The minimum absolute atomic E-state index is 0.0697. The number of aromatic nitrogens is 1. The monoisotopic (exact) mass is 515 g/mol. The summed E-state index contributed by atoms with van der Waals surface area (Å²) in [5, 5.41) is 0. The molecule has 1 aliphatic rings. The van der Waals surface area contributed by atoms with Crippen molar-refractivity contribution in [1.29, 1.82) is 0 Å². The quantitative estimate of drug-likeness (QED) is 0.467. The van der Waals surface area contributed by atoms with E-state index in [1.54, 1.807) is 4.57 Å². The first-order valence-electron chi connectivity index (χ1n) is 11.6. The van der Waals surface area contributed by atoms with Crippen molar-refractivity contribution in [2.24, 2.45) is 10.9 Å². The van der Waals surface area contributed by atoms with Crippen LogP contribution < -0.4 is 4.80 Å². The van der Waals surface area contributed by atoms with Crippen LogP contribution in [0.25, 0.3) is 10.2 Å². The molecular weight excluding hydrogens is 486 g/mol. The Kier molecular flexibility index (Phi) is 7.53. The summed E-state index contributed by atoms with van der Waals surface area (Å²) >= 11 is 1.32. The first kappa shape index (κ1) is 25.3. The maximum Gasteiger partial charge on any atom is 0.325 e. The molecule has 0 N–H and O–H groups in total. The van der Waals surface area contributed by atoms with Crippen LogP contribution >= 0.6 is 11.3 Å². The van der Waals surface area contributed by atoms with E-state index in [1.807, 2.05) is 18.2 Å². The number of nitrogens with zero attached hydrogens (tertiary/aromatic N) is 3. The number of carbonyl (C=O) groups excluding carboxylic acids is 2. The highest BCUT2D eigenvalue weighted by molar-refractivity contribution is 7.89. The number of hydrogen-bond donors (Lipinski definition) is 0.